The SMILES string of the molecule is Cc1ccc(C(=O)CCC(=O)NCc2ccc(-n3ccnc3C)nc2)s1. The van der Waals surface area contributed by atoms with Gasteiger partial charge in [0.1, 0.15) is 11.6 Å². The zero-order valence-corrected chi connectivity index (χ0v) is 15.5. The molecule has 7 heteroatoms. The van der Waals surface area contributed by atoms with E-state index in [9.17, 15) is 9.59 Å². The summed E-state index contributed by atoms with van der Waals surface area (Å²) in [4.78, 5) is 34.4. The zero-order valence-electron chi connectivity index (χ0n) is 14.7. The van der Waals surface area contributed by atoms with Crippen LogP contribution in [0.1, 0.15) is 38.8 Å². The minimum Gasteiger partial charge on any atom is -0.352 e. The highest BCUT2D eigenvalue weighted by Crippen LogP contribution is 2.17. The average molecular weight is 368 g/mol. The first-order valence-corrected chi connectivity index (χ1v) is 9.16. The van der Waals surface area contributed by atoms with E-state index in [4.69, 9.17) is 0 Å². The Morgan fingerprint density at radius 2 is 1.96 bits per heavy atom. The first-order chi connectivity index (χ1) is 12.5. The number of pyridine rings is 1. The second kappa shape index (κ2) is 8.05. The molecule has 0 spiro atoms. The van der Waals surface area contributed by atoms with Gasteiger partial charge in [0.05, 0.1) is 4.88 Å². The zero-order chi connectivity index (χ0) is 18.5. The molecule has 0 aliphatic heterocycles. The third-order valence-corrected chi connectivity index (χ3v) is 5.01. The minimum absolute atomic E-state index is 0.0139. The molecule has 0 radical (unpaired) electrons. The highest BCUT2D eigenvalue weighted by Gasteiger charge is 2.11. The van der Waals surface area contributed by atoms with Crippen molar-refractivity contribution in [1.82, 2.24) is 19.9 Å². The number of aromatic nitrogens is 3. The van der Waals surface area contributed by atoms with Gasteiger partial charge in [-0.2, -0.15) is 0 Å². The van der Waals surface area contributed by atoms with Crippen LogP contribution in [-0.4, -0.2) is 26.2 Å². The lowest BCUT2D eigenvalue weighted by molar-refractivity contribution is -0.121. The molecule has 1 N–H and O–H groups in total. The molecule has 0 aliphatic carbocycles. The number of ketones is 1. The molecule has 1 amide bonds. The molecule has 26 heavy (non-hydrogen) atoms. The fourth-order valence-electron chi connectivity index (χ4n) is 2.51. The topological polar surface area (TPSA) is 76.9 Å². The third kappa shape index (κ3) is 4.43. The lowest BCUT2D eigenvalue weighted by atomic mass is 10.2. The van der Waals surface area contributed by atoms with Crippen LogP contribution in [0.2, 0.25) is 0 Å². The first-order valence-electron chi connectivity index (χ1n) is 8.34. The third-order valence-electron chi connectivity index (χ3n) is 3.97. The van der Waals surface area contributed by atoms with Gasteiger partial charge in [-0.05, 0) is 37.6 Å². The molecule has 3 heterocycles. The van der Waals surface area contributed by atoms with Gasteiger partial charge in [-0.15, -0.1) is 11.3 Å². The van der Waals surface area contributed by atoms with Crippen molar-refractivity contribution < 1.29 is 9.59 Å². The van der Waals surface area contributed by atoms with Gasteiger partial charge in [0.15, 0.2) is 5.78 Å². The van der Waals surface area contributed by atoms with E-state index in [0.717, 1.165) is 22.1 Å². The van der Waals surface area contributed by atoms with Crippen LogP contribution in [0.3, 0.4) is 0 Å². The Morgan fingerprint density at radius 3 is 2.58 bits per heavy atom. The number of carbonyl (C=O) groups is 2. The Balaban J connectivity index is 1.47. The van der Waals surface area contributed by atoms with Crippen LogP contribution in [0.25, 0.3) is 5.82 Å². The van der Waals surface area contributed by atoms with Crippen molar-refractivity contribution in [1.29, 1.82) is 0 Å². The van der Waals surface area contributed by atoms with E-state index < -0.39 is 0 Å². The van der Waals surface area contributed by atoms with Crippen molar-refractivity contribution in [2.24, 2.45) is 0 Å². The van der Waals surface area contributed by atoms with Crippen molar-refractivity contribution in [2.75, 3.05) is 0 Å². The predicted octanol–water partition coefficient (Wildman–Crippen LogP) is 3.22. The summed E-state index contributed by atoms with van der Waals surface area (Å²) >= 11 is 1.46. The molecule has 134 valence electrons. The van der Waals surface area contributed by atoms with Crippen LogP contribution in [0, 0.1) is 13.8 Å². The van der Waals surface area contributed by atoms with Gasteiger partial charge < -0.3 is 5.32 Å². The Kier molecular flexibility index (Phi) is 5.58. The number of amides is 1. The number of aryl methyl sites for hydroxylation is 2. The number of imidazole rings is 1. The Morgan fingerprint density at radius 1 is 1.12 bits per heavy atom. The van der Waals surface area contributed by atoms with Crippen LogP contribution in [0.15, 0.2) is 42.9 Å². The maximum atomic E-state index is 12.0. The maximum Gasteiger partial charge on any atom is 0.220 e. The van der Waals surface area contributed by atoms with Crippen LogP contribution in [-0.2, 0) is 11.3 Å². The summed E-state index contributed by atoms with van der Waals surface area (Å²) in [6, 6.07) is 7.54. The van der Waals surface area contributed by atoms with Gasteiger partial charge in [0.2, 0.25) is 5.91 Å². The van der Waals surface area contributed by atoms with Gasteiger partial charge >= 0.3 is 0 Å². The predicted molar refractivity (Wildman–Crippen MR) is 101 cm³/mol. The molecule has 0 bridgehead atoms. The number of nitrogens with zero attached hydrogens (tertiary/aromatic N) is 3. The van der Waals surface area contributed by atoms with Crippen LogP contribution < -0.4 is 5.32 Å². The number of carbonyl (C=O) groups excluding carboxylic acids is 2. The van der Waals surface area contributed by atoms with Crippen LogP contribution in [0.5, 0.6) is 0 Å². The molecule has 6 nitrogen and oxygen atoms in total. The number of rotatable bonds is 7. The highest BCUT2D eigenvalue weighted by molar-refractivity contribution is 7.14. The van der Waals surface area contributed by atoms with Crippen molar-refractivity contribution in [2.45, 2.75) is 33.2 Å². The highest BCUT2D eigenvalue weighted by atomic mass is 32.1. The lowest BCUT2D eigenvalue weighted by Gasteiger charge is -2.07. The molecule has 0 unspecified atom stereocenters. The number of hydrogen-bond donors (Lipinski definition) is 1. The summed E-state index contributed by atoms with van der Waals surface area (Å²) < 4.78 is 1.89. The molecule has 0 aromatic carbocycles. The van der Waals surface area contributed by atoms with Gasteiger partial charge in [-0.25, -0.2) is 9.97 Å². The summed E-state index contributed by atoms with van der Waals surface area (Å²) in [5.41, 5.74) is 0.903. The Labute approximate surface area is 155 Å². The summed E-state index contributed by atoms with van der Waals surface area (Å²) in [6.07, 6.45) is 5.72. The van der Waals surface area contributed by atoms with Gasteiger partial charge in [-0.3, -0.25) is 14.2 Å². The van der Waals surface area contributed by atoms with Crippen molar-refractivity contribution in [3.63, 3.8) is 0 Å². The lowest BCUT2D eigenvalue weighted by Crippen LogP contribution is -2.23. The number of nitrogens with one attached hydrogen (secondary N) is 1. The molecule has 0 fully saturated rings. The second-order valence-electron chi connectivity index (χ2n) is 5.98. The number of Topliss-reactive ketones (excluding diaryl/α,β-unsaturated/α-hetero) is 1. The maximum absolute atomic E-state index is 12.0. The number of thiophene rings is 1. The van der Waals surface area contributed by atoms with E-state index in [-0.39, 0.29) is 24.5 Å². The summed E-state index contributed by atoms with van der Waals surface area (Å²) in [5.74, 6) is 1.53. The van der Waals surface area contributed by atoms with Crippen molar-refractivity contribution >= 4 is 23.0 Å². The fourth-order valence-corrected chi connectivity index (χ4v) is 3.34. The average Bonchev–Trinajstić information content (AvgIpc) is 3.26. The smallest absolute Gasteiger partial charge is 0.220 e. The van der Waals surface area contributed by atoms with Crippen LogP contribution >= 0.6 is 11.3 Å². The first kappa shape index (κ1) is 18.0. The number of hydrogen-bond acceptors (Lipinski definition) is 5. The standard InChI is InChI=1S/C19H20N4O2S/c1-13-3-6-17(26-13)16(24)5-8-19(25)22-12-15-4-7-18(21-11-15)23-10-9-20-14(23)2/h3-4,6-7,9-11H,5,8,12H2,1-2H3,(H,22,25). The van der Waals surface area contributed by atoms with Crippen molar-refractivity contribution in [3.05, 3.63) is 64.0 Å². The van der Waals surface area contributed by atoms with Gasteiger partial charge in [0, 0.05) is 42.9 Å². The van der Waals surface area contributed by atoms with E-state index >= 15 is 0 Å². The molecule has 0 atom stereocenters. The van der Waals surface area contributed by atoms with E-state index in [1.165, 1.54) is 11.3 Å². The molecule has 0 saturated heterocycles. The molecule has 0 aliphatic rings. The second-order valence-corrected chi connectivity index (χ2v) is 7.27. The molecule has 3 aromatic heterocycles. The molecule has 0 saturated carbocycles. The quantitative estimate of drug-likeness (QED) is 0.650. The Hall–Kier alpha value is -2.80. The van der Waals surface area contributed by atoms with Gasteiger partial charge in [0.25, 0.3) is 0 Å². The Bertz CT molecular complexity index is 912. The van der Waals surface area contributed by atoms with Crippen molar-refractivity contribution in [3.8, 4) is 5.82 Å². The van der Waals surface area contributed by atoms with E-state index in [1.807, 2.05) is 48.9 Å². The largest absolute Gasteiger partial charge is 0.352 e. The fraction of sp³-hybridized carbons (Fsp3) is 0.263. The van der Waals surface area contributed by atoms with E-state index in [0.29, 0.717) is 11.4 Å². The molecule has 3 rings (SSSR count). The summed E-state index contributed by atoms with van der Waals surface area (Å²) in [7, 11) is 0. The normalized spacial score (nSPS) is 10.7. The van der Waals surface area contributed by atoms with E-state index in [1.54, 1.807) is 12.4 Å². The summed E-state index contributed by atoms with van der Waals surface area (Å²) in [6.45, 7) is 4.26. The monoisotopic (exact) mass is 368 g/mol. The van der Waals surface area contributed by atoms with Gasteiger partial charge in [-0.1, -0.05) is 6.07 Å². The minimum atomic E-state index is -0.138. The van der Waals surface area contributed by atoms with E-state index in [2.05, 4.69) is 15.3 Å². The molecular formula is C19H20N4O2S. The van der Waals surface area contributed by atoms with Crippen LogP contribution in [0.4, 0.5) is 0 Å². The molecular weight excluding hydrogens is 348 g/mol. The summed E-state index contributed by atoms with van der Waals surface area (Å²) in [5, 5.41) is 2.83. The molecule has 3 aromatic rings.